The van der Waals surface area contributed by atoms with Gasteiger partial charge in [0.05, 0.1) is 11.3 Å². The fourth-order valence-corrected chi connectivity index (χ4v) is 2.28. The van der Waals surface area contributed by atoms with Crippen molar-refractivity contribution < 1.29 is 14.7 Å². The molecule has 0 saturated carbocycles. The first kappa shape index (κ1) is 17.2. The summed E-state index contributed by atoms with van der Waals surface area (Å²) in [5.74, 6) is -0.902. The SMILES string of the molecule is Cc1nn(C)c(C)c1C(=O)NCCC(C)(C)CCC(=O)O. The maximum atomic E-state index is 12.2. The second-order valence-electron chi connectivity index (χ2n) is 6.23. The number of rotatable bonds is 7. The van der Waals surface area contributed by atoms with Crippen LogP contribution in [0.25, 0.3) is 0 Å². The predicted octanol–water partition coefficient (Wildman–Crippen LogP) is 2.05. The summed E-state index contributed by atoms with van der Waals surface area (Å²) in [5.41, 5.74) is 2.08. The van der Waals surface area contributed by atoms with Crippen molar-refractivity contribution in [1.82, 2.24) is 15.1 Å². The van der Waals surface area contributed by atoms with E-state index in [1.54, 1.807) is 4.68 Å². The van der Waals surface area contributed by atoms with E-state index in [1.165, 1.54) is 0 Å². The summed E-state index contributed by atoms with van der Waals surface area (Å²) in [6, 6.07) is 0. The molecule has 118 valence electrons. The van der Waals surface area contributed by atoms with E-state index < -0.39 is 5.97 Å². The Morgan fingerprint density at radius 2 is 1.90 bits per heavy atom. The quantitative estimate of drug-likeness (QED) is 0.806. The molecule has 6 heteroatoms. The van der Waals surface area contributed by atoms with Crippen LogP contribution in [0.1, 0.15) is 54.9 Å². The molecule has 0 aliphatic carbocycles. The lowest BCUT2D eigenvalue weighted by atomic mass is 9.84. The van der Waals surface area contributed by atoms with Crippen molar-refractivity contribution in [3.05, 3.63) is 17.0 Å². The number of aromatic nitrogens is 2. The zero-order valence-corrected chi connectivity index (χ0v) is 13.5. The fourth-order valence-electron chi connectivity index (χ4n) is 2.28. The molecule has 21 heavy (non-hydrogen) atoms. The van der Waals surface area contributed by atoms with Crippen LogP contribution >= 0.6 is 0 Å². The van der Waals surface area contributed by atoms with Gasteiger partial charge in [0.1, 0.15) is 0 Å². The van der Waals surface area contributed by atoms with E-state index in [-0.39, 0.29) is 17.7 Å². The van der Waals surface area contributed by atoms with Gasteiger partial charge in [-0.1, -0.05) is 13.8 Å². The third-order valence-corrected chi connectivity index (χ3v) is 3.84. The maximum absolute atomic E-state index is 12.2. The van der Waals surface area contributed by atoms with Gasteiger partial charge >= 0.3 is 5.97 Å². The molecule has 6 nitrogen and oxygen atoms in total. The molecule has 0 aromatic carbocycles. The number of amides is 1. The maximum Gasteiger partial charge on any atom is 0.303 e. The zero-order valence-electron chi connectivity index (χ0n) is 13.5. The summed E-state index contributed by atoms with van der Waals surface area (Å²) < 4.78 is 1.70. The van der Waals surface area contributed by atoms with Crippen molar-refractivity contribution in [3.8, 4) is 0 Å². The third kappa shape index (κ3) is 4.88. The van der Waals surface area contributed by atoms with Gasteiger partial charge in [0.15, 0.2) is 0 Å². The molecule has 0 aliphatic rings. The standard InChI is InChI=1S/C15H25N3O3/c1-10-13(11(2)18(5)17-10)14(21)16-9-8-15(3,4)7-6-12(19)20/h6-9H2,1-5H3,(H,16,21)(H,19,20). The minimum absolute atomic E-state index is 0.106. The van der Waals surface area contributed by atoms with E-state index in [1.807, 2.05) is 34.7 Å². The molecule has 1 heterocycles. The molecule has 2 N–H and O–H groups in total. The molecule has 1 aromatic heterocycles. The number of hydrogen-bond acceptors (Lipinski definition) is 3. The van der Waals surface area contributed by atoms with Gasteiger partial charge in [0.25, 0.3) is 5.91 Å². The second kappa shape index (κ2) is 6.74. The van der Waals surface area contributed by atoms with Crippen LogP contribution in [-0.2, 0) is 11.8 Å². The van der Waals surface area contributed by atoms with Crippen LogP contribution in [0, 0.1) is 19.3 Å². The molecule has 0 saturated heterocycles. The normalized spacial score (nSPS) is 11.5. The molecule has 0 bridgehead atoms. The van der Waals surface area contributed by atoms with Gasteiger partial charge in [-0.3, -0.25) is 14.3 Å². The van der Waals surface area contributed by atoms with E-state index in [2.05, 4.69) is 10.4 Å². The first-order chi connectivity index (χ1) is 9.64. The van der Waals surface area contributed by atoms with Crippen LogP contribution < -0.4 is 5.32 Å². The van der Waals surface area contributed by atoms with Gasteiger partial charge in [0.2, 0.25) is 0 Å². The Hall–Kier alpha value is -1.85. The topological polar surface area (TPSA) is 84.2 Å². The van der Waals surface area contributed by atoms with Gasteiger partial charge in [-0.2, -0.15) is 5.10 Å². The van der Waals surface area contributed by atoms with Crippen molar-refractivity contribution in [2.24, 2.45) is 12.5 Å². The van der Waals surface area contributed by atoms with Crippen molar-refractivity contribution in [2.45, 2.75) is 47.0 Å². The Morgan fingerprint density at radius 1 is 1.29 bits per heavy atom. The largest absolute Gasteiger partial charge is 0.481 e. The number of carboxylic acid groups (broad SMARTS) is 1. The van der Waals surface area contributed by atoms with E-state index in [0.29, 0.717) is 18.5 Å². The molecule has 1 rings (SSSR count). The van der Waals surface area contributed by atoms with E-state index in [4.69, 9.17) is 5.11 Å². The molecule has 0 radical (unpaired) electrons. The number of nitrogens with one attached hydrogen (secondary N) is 1. The number of carbonyl (C=O) groups is 2. The Morgan fingerprint density at radius 3 is 2.38 bits per heavy atom. The highest BCUT2D eigenvalue weighted by atomic mass is 16.4. The molecule has 0 fully saturated rings. The number of carboxylic acids is 1. The van der Waals surface area contributed by atoms with E-state index in [0.717, 1.165) is 17.8 Å². The molecular formula is C15H25N3O3. The highest BCUT2D eigenvalue weighted by molar-refractivity contribution is 5.96. The lowest BCUT2D eigenvalue weighted by Gasteiger charge is -2.23. The van der Waals surface area contributed by atoms with E-state index in [9.17, 15) is 9.59 Å². The lowest BCUT2D eigenvalue weighted by Crippen LogP contribution is -2.29. The summed E-state index contributed by atoms with van der Waals surface area (Å²) in [6.07, 6.45) is 1.50. The van der Waals surface area contributed by atoms with Crippen LogP contribution in [0.15, 0.2) is 0 Å². The number of aryl methyl sites for hydroxylation is 2. The van der Waals surface area contributed by atoms with Crippen LogP contribution in [0.2, 0.25) is 0 Å². The van der Waals surface area contributed by atoms with Crippen molar-refractivity contribution in [1.29, 1.82) is 0 Å². The summed E-state index contributed by atoms with van der Waals surface area (Å²) in [5, 5.41) is 15.8. The minimum atomic E-state index is -0.784. The van der Waals surface area contributed by atoms with Crippen molar-refractivity contribution in [2.75, 3.05) is 6.54 Å². The molecule has 0 unspecified atom stereocenters. The summed E-state index contributed by atoms with van der Waals surface area (Å²) in [6.45, 7) is 8.25. The van der Waals surface area contributed by atoms with Crippen molar-refractivity contribution in [3.63, 3.8) is 0 Å². The minimum Gasteiger partial charge on any atom is -0.481 e. The average Bonchev–Trinajstić information content (AvgIpc) is 2.60. The summed E-state index contributed by atoms with van der Waals surface area (Å²) in [7, 11) is 1.81. The van der Waals surface area contributed by atoms with Gasteiger partial charge in [-0.05, 0) is 32.1 Å². The molecule has 0 spiro atoms. The lowest BCUT2D eigenvalue weighted by molar-refractivity contribution is -0.137. The highest BCUT2D eigenvalue weighted by Crippen LogP contribution is 2.26. The van der Waals surface area contributed by atoms with Gasteiger partial charge < -0.3 is 10.4 Å². The zero-order chi connectivity index (χ0) is 16.2. The van der Waals surface area contributed by atoms with Gasteiger partial charge in [0, 0.05) is 25.7 Å². The van der Waals surface area contributed by atoms with Crippen LogP contribution in [0.5, 0.6) is 0 Å². The summed E-state index contributed by atoms with van der Waals surface area (Å²) in [4.78, 5) is 22.8. The molecule has 0 aliphatic heterocycles. The molecule has 1 amide bonds. The number of aliphatic carboxylic acids is 1. The van der Waals surface area contributed by atoms with Crippen LogP contribution in [0.4, 0.5) is 0 Å². The van der Waals surface area contributed by atoms with Crippen LogP contribution in [0.3, 0.4) is 0 Å². The monoisotopic (exact) mass is 295 g/mol. The average molecular weight is 295 g/mol. The van der Waals surface area contributed by atoms with Crippen molar-refractivity contribution >= 4 is 11.9 Å². The van der Waals surface area contributed by atoms with Gasteiger partial charge in [-0.25, -0.2) is 0 Å². The Labute approximate surface area is 125 Å². The smallest absolute Gasteiger partial charge is 0.303 e. The first-order valence-electron chi connectivity index (χ1n) is 7.14. The first-order valence-corrected chi connectivity index (χ1v) is 7.14. The molecule has 0 atom stereocenters. The Kier molecular flexibility index (Phi) is 5.52. The highest BCUT2D eigenvalue weighted by Gasteiger charge is 2.21. The third-order valence-electron chi connectivity index (χ3n) is 3.84. The number of nitrogens with zero attached hydrogens (tertiary/aromatic N) is 2. The molecular weight excluding hydrogens is 270 g/mol. The number of hydrogen-bond donors (Lipinski definition) is 2. The van der Waals surface area contributed by atoms with Crippen LogP contribution in [-0.4, -0.2) is 33.3 Å². The Balaban J connectivity index is 2.52. The van der Waals surface area contributed by atoms with E-state index >= 15 is 0 Å². The predicted molar refractivity (Wildman–Crippen MR) is 80.3 cm³/mol. The summed E-state index contributed by atoms with van der Waals surface area (Å²) >= 11 is 0. The number of carbonyl (C=O) groups excluding carboxylic acids is 1. The Bertz CT molecular complexity index is 533. The second-order valence-corrected chi connectivity index (χ2v) is 6.23. The molecule has 1 aromatic rings. The van der Waals surface area contributed by atoms with Gasteiger partial charge in [-0.15, -0.1) is 0 Å². The fraction of sp³-hybridized carbons (Fsp3) is 0.667.